The van der Waals surface area contributed by atoms with Crippen molar-refractivity contribution in [2.24, 2.45) is 0 Å². The molecule has 0 spiro atoms. The molecule has 1 unspecified atom stereocenters. The van der Waals surface area contributed by atoms with Crippen LogP contribution in [0, 0.1) is 0 Å². The molecule has 3 aromatic carbocycles. The molecule has 0 aliphatic heterocycles. The topological polar surface area (TPSA) is 60.8 Å². The molecule has 0 bridgehead atoms. The van der Waals surface area contributed by atoms with Gasteiger partial charge in [0.15, 0.2) is 6.79 Å². The fourth-order valence-electron chi connectivity index (χ4n) is 3.33. The predicted octanol–water partition coefficient (Wildman–Crippen LogP) is 4.88. The van der Waals surface area contributed by atoms with E-state index in [1.54, 1.807) is 25.4 Å². The molecule has 0 aliphatic carbocycles. The average molecular weight is 401 g/mol. The number of methoxy groups -OCH3 is 1. The zero-order valence-corrected chi connectivity index (χ0v) is 16.7. The molecule has 1 heterocycles. The van der Waals surface area contributed by atoms with Gasteiger partial charge >= 0.3 is 0 Å². The van der Waals surface area contributed by atoms with Gasteiger partial charge in [-0.05, 0) is 29.1 Å². The number of hydrogen-bond acceptors (Lipinski definition) is 5. The van der Waals surface area contributed by atoms with E-state index >= 15 is 0 Å². The van der Waals surface area contributed by atoms with E-state index in [2.05, 4.69) is 4.98 Å². The third-order valence-electron chi connectivity index (χ3n) is 4.82. The summed E-state index contributed by atoms with van der Waals surface area (Å²) in [5, 5.41) is 13.1. The Balaban J connectivity index is 1.64. The molecule has 5 nitrogen and oxygen atoms in total. The number of aliphatic hydroxyl groups is 1. The van der Waals surface area contributed by atoms with Gasteiger partial charge in [0.25, 0.3) is 0 Å². The normalized spacial score (nSPS) is 11.9. The number of fused-ring (bicyclic) bond motifs is 1. The number of aromatic nitrogens is 1. The summed E-state index contributed by atoms with van der Waals surface area (Å²) in [6.45, 7) is 0.502. The third-order valence-corrected chi connectivity index (χ3v) is 4.82. The third kappa shape index (κ3) is 4.43. The van der Waals surface area contributed by atoms with Crippen LogP contribution >= 0.6 is 0 Å². The zero-order valence-electron chi connectivity index (χ0n) is 16.7. The average Bonchev–Trinajstić information content (AvgIpc) is 2.81. The van der Waals surface area contributed by atoms with Crippen LogP contribution < -0.4 is 9.47 Å². The van der Waals surface area contributed by atoms with Gasteiger partial charge in [-0.2, -0.15) is 0 Å². The van der Waals surface area contributed by atoms with E-state index in [1.165, 1.54) is 0 Å². The second-order valence-corrected chi connectivity index (χ2v) is 6.84. The van der Waals surface area contributed by atoms with E-state index in [4.69, 9.17) is 14.2 Å². The number of aliphatic hydroxyl groups excluding tert-OH is 1. The number of hydrogen-bond donors (Lipinski definition) is 1. The first-order chi connectivity index (χ1) is 14.8. The summed E-state index contributed by atoms with van der Waals surface area (Å²) in [4.78, 5) is 4.43. The summed E-state index contributed by atoms with van der Waals surface area (Å²) >= 11 is 0. The fraction of sp³-hybridized carbons (Fsp3) is 0.160. The van der Waals surface area contributed by atoms with Crippen LogP contribution in [0.3, 0.4) is 0 Å². The van der Waals surface area contributed by atoms with Crippen molar-refractivity contribution in [1.29, 1.82) is 0 Å². The van der Waals surface area contributed by atoms with Crippen LogP contribution in [0.1, 0.15) is 22.9 Å². The molecule has 0 saturated carbocycles. The van der Waals surface area contributed by atoms with E-state index in [9.17, 15) is 5.11 Å². The van der Waals surface area contributed by atoms with E-state index in [0.29, 0.717) is 29.4 Å². The van der Waals surface area contributed by atoms with Gasteiger partial charge in [0, 0.05) is 30.3 Å². The highest BCUT2D eigenvalue weighted by molar-refractivity contribution is 5.85. The minimum Gasteiger partial charge on any atom is -0.489 e. The Bertz CT molecular complexity index is 1110. The maximum atomic E-state index is 11.1. The first-order valence-corrected chi connectivity index (χ1v) is 9.70. The van der Waals surface area contributed by atoms with Crippen LogP contribution in [0.2, 0.25) is 0 Å². The Morgan fingerprint density at radius 2 is 1.70 bits per heavy atom. The lowest BCUT2D eigenvalue weighted by Crippen LogP contribution is -2.08. The molecule has 4 rings (SSSR count). The first-order valence-electron chi connectivity index (χ1n) is 9.70. The van der Waals surface area contributed by atoms with E-state index in [-0.39, 0.29) is 6.79 Å². The van der Waals surface area contributed by atoms with Gasteiger partial charge in [-0.1, -0.05) is 54.6 Å². The number of benzene rings is 3. The molecule has 4 aromatic rings. The maximum absolute atomic E-state index is 11.1. The van der Waals surface area contributed by atoms with Gasteiger partial charge in [0.1, 0.15) is 24.2 Å². The van der Waals surface area contributed by atoms with Crippen molar-refractivity contribution in [3.63, 3.8) is 0 Å². The largest absolute Gasteiger partial charge is 0.489 e. The molecule has 0 radical (unpaired) electrons. The predicted molar refractivity (Wildman–Crippen MR) is 116 cm³/mol. The summed E-state index contributed by atoms with van der Waals surface area (Å²) in [6.07, 6.45) is 0.750. The summed E-state index contributed by atoms with van der Waals surface area (Å²) < 4.78 is 16.7. The van der Waals surface area contributed by atoms with Gasteiger partial charge in [0.2, 0.25) is 0 Å². The van der Waals surface area contributed by atoms with Crippen molar-refractivity contribution in [3.05, 3.63) is 102 Å². The van der Waals surface area contributed by atoms with Crippen molar-refractivity contribution < 1.29 is 19.3 Å². The van der Waals surface area contributed by atoms with Crippen LogP contribution in [-0.2, 0) is 11.3 Å². The molecular weight excluding hydrogens is 378 g/mol. The lowest BCUT2D eigenvalue weighted by Gasteiger charge is -2.18. The van der Waals surface area contributed by atoms with Crippen LogP contribution in [0.5, 0.6) is 11.5 Å². The molecule has 0 fully saturated rings. The quantitative estimate of drug-likeness (QED) is 0.427. The highest BCUT2D eigenvalue weighted by atomic mass is 16.7. The monoisotopic (exact) mass is 401 g/mol. The molecule has 1 atom stereocenters. The van der Waals surface area contributed by atoms with E-state index in [0.717, 1.165) is 16.3 Å². The minimum absolute atomic E-state index is 0.0603. The minimum atomic E-state index is -0.953. The van der Waals surface area contributed by atoms with Crippen molar-refractivity contribution in [1.82, 2.24) is 4.98 Å². The van der Waals surface area contributed by atoms with Crippen molar-refractivity contribution in [2.45, 2.75) is 12.7 Å². The maximum Gasteiger partial charge on any atom is 0.188 e. The highest BCUT2D eigenvalue weighted by Crippen LogP contribution is 2.35. The lowest BCUT2D eigenvalue weighted by atomic mass is 10.00. The Kier molecular flexibility index (Phi) is 6.23. The Morgan fingerprint density at radius 3 is 2.53 bits per heavy atom. The number of nitrogens with zero attached hydrogens (tertiary/aromatic N) is 1. The Hall–Kier alpha value is -3.41. The van der Waals surface area contributed by atoms with Gasteiger partial charge in [0.05, 0.1) is 5.69 Å². The Labute approximate surface area is 175 Å². The highest BCUT2D eigenvalue weighted by Gasteiger charge is 2.20. The van der Waals surface area contributed by atoms with Crippen molar-refractivity contribution in [2.75, 3.05) is 13.9 Å². The smallest absolute Gasteiger partial charge is 0.188 e. The molecule has 152 valence electrons. The van der Waals surface area contributed by atoms with Crippen LogP contribution in [-0.4, -0.2) is 24.0 Å². The molecule has 5 heteroatoms. The summed E-state index contributed by atoms with van der Waals surface area (Å²) in [5.41, 5.74) is 2.25. The fourth-order valence-corrected chi connectivity index (χ4v) is 3.33. The molecule has 0 amide bonds. The molecular formula is C25H23NO4. The SMILES string of the molecule is COCOc1cc(OCc2ccccc2)ccc1C(O)c1nccc2ccccc12. The Morgan fingerprint density at radius 1 is 0.900 bits per heavy atom. The summed E-state index contributed by atoms with van der Waals surface area (Å²) in [7, 11) is 1.55. The van der Waals surface area contributed by atoms with Crippen molar-refractivity contribution >= 4 is 10.8 Å². The molecule has 30 heavy (non-hydrogen) atoms. The van der Waals surface area contributed by atoms with E-state index in [1.807, 2.05) is 66.7 Å². The first kappa shape index (κ1) is 19.9. The lowest BCUT2D eigenvalue weighted by molar-refractivity contribution is 0.0485. The number of ether oxygens (including phenoxy) is 3. The van der Waals surface area contributed by atoms with Crippen LogP contribution in [0.15, 0.2) is 85.1 Å². The second-order valence-electron chi connectivity index (χ2n) is 6.84. The van der Waals surface area contributed by atoms with Crippen LogP contribution in [0.25, 0.3) is 10.8 Å². The number of pyridine rings is 1. The summed E-state index contributed by atoms with van der Waals surface area (Å²) in [6, 6.07) is 25.1. The molecule has 1 aromatic heterocycles. The molecule has 0 aliphatic rings. The van der Waals surface area contributed by atoms with Gasteiger partial charge in [-0.25, -0.2) is 0 Å². The standard InChI is InChI=1S/C25H23NO4/c1-28-17-30-23-15-20(29-16-18-7-3-2-4-8-18)11-12-22(23)25(27)24-21-10-6-5-9-19(21)13-14-26-24/h2-15,25,27H,16-17H2,1H3. The van der Waals surface area contributed by atoms with Gasteiger partial charge in [-0.3, -0.25) is 4.98 Å². The van der Waals surface area contributed by atoms with E-state index < -0.39 is 6.10 Å². The zero-order chi connectivity index (χ0) is 20.8. The van der Waals surface area contributed by atoms with Gasteiger partial charge < -0.3 is 19.3 Å². The van der Waals surface area contributed by atoms with Crippen LogP contribution in [0.4, 0.5) is 0 Å². The van der Waals surface area contributed by atoms with Crippen molar-refractivity contribution in [3.8, 4) is 11.5 Å². The second kappa shape index (κ2) is 9.39. The summed E-state index contributed by atoms with van der Waals surface area (Å²) in [5.74, 6) is 1.14. The van der Waals surface area contributed by atoms with Gasteiger partial charge in [-0.15, -0.1) is 0 Å². The number of rotatable bonds is 8. The molecule has 1 N–H and O–H groups in total. The molecule has 0 saturated heterocycles.